The highest BCUT2D eigenvalue weighted by Crippen LogP contribution is 2.39. The number of fused-ring (bicyclic) bond motifs is 6. The summed E-state index contributed by atoms with van der Waals surface area (Å²) >= 11 is 1.92. The van der Waals surface area contributed by atoms with Crippen LogP contribution in [0.25, 0.3) is 31.3 Å². The van der Waals surface area contributed by atoms with Crippen LogP contribution in [0.3, 0.4) is 0 Å². The van der Waals surface area contributed by atoms with Gasteiger partial charge in [0.05, 0.1) is 0 Å². The van der Waals surface area contributed by atoms with Gasteiger partial charge in [-0.1, -0.05) is 68.3 Å². The Morgan fingerprint density at radius 3 is 2.74 bits per heavy atom. The molecule has 1 aliphatic heterocycles. The number of benzene rings is 3. The van der Waals surface area contributed by atoms with Gasteiger partial charge in [-0.25, -0.2) is 0 Å². The summed E-state index contributed by atoms with van der Waals surface area (Å²) in [5.74, 6) is 0.430. The summed E-state index contributed by atoms with van der Waals surface area (Å²) < 4.78 is 2.80. The van der Waals surface area contributed by atoms with Crippen LogP contribution in [0.4, 0.5) is 5.69 Å². The summed E-state index contributed by atoms with van der Waals surface area (Å²) in [5.41, 5.74) is 7.31. The van der Waals surface area contributed by atoms with Crippen LogP contribution < -0.4 is 15.8 Å². The van der Waals surface area contributed by atoms with Gasteiger partial charge in [-0.2, -0.15) is 0 Å². The first-order chi connectivity index (χ1) is 15.2. The minimum Gasteiger partial charge on any atom is -0.382 e. The van der Waals surface area contributed by atoms with E-state index in [9.17, 15) is 0 Å². The number of nitrogens with one attached hydrogen (secondary N) is 1. The molecule has 0 saturated carbocycles. The van der Waals surface area contributed by atoms with Gasteiger partial charge in [0.2, 0.25) is 0 Å². The van der Waals surface area contributed by atoms with E-state index in [-0.39, 0.29) is 0 Å². The van der Waals surface area contributed by atoms with Gasteiger partial charge in [0, 0.05) is 43.4 Å². The Hall–Kier alpha value is -2.58. The first kappa shape index (κ1) is 19.1. The van der Waals surface area contributed by atoms with Crippen molar-refractivity contribution < 1.29 is 0 Å². The fourth-order valence-electron chi connectivity index (χ4n) is 5.87. The first-order valence-electron chi connectivity index (χ1n) is 11.7. The second-order valence-corrected chi connectivity index (χ2v) is 10.4. The van der Waals surface area contributed by atoms with Crippen LogP contribution in [0.15, 0.2) is 54.6 Å². The van der Waals surface area contributed by atoms with Gasteiger partial charge in [0.15, 0.2) is 0 Å². The molecule has 4 aromatic rings. The van der Waals surface area contributed by atoms with Crippen LogP contribution in [0.2, 0.25) is 0 Å². The van der Waals surface area contributed by atoms with E-state index in [1.165, 1.54) is 84.3 Å². The van der Waals surface area contributed by atoms with Crippen molar-refractivity contribution in [2.45, 2.75) is 52.5 Å². The summed E-state index contributed by atoms with van der Waals surface area (Å²) in [6.45, 7) is 7.05. The predicted molar refractivity (Wildman–Crippen MR) is 136 cm³/mol. The highest BCUT2D eigenvalue weighted by molar-refractivity contribution is 7.25. The van der Waals surface area contributed by atoms with E-state index < -0.39 is 0 Å². The van der Waals surface area contributed by atoms with Crippen molar-refractivity contribution in [2.75, 3.05) is 5.32 Å². The number of para-hydroxylation sites is 1. The standard InChI is InChI=1S/C29H29NS/c1-4-8-20-14-13-19-9-7-11-23(29(19)30-20)26-17(2)18(3)27-22(26)15-16-25-28(27)21-10-5-6-12-24(21)31-25/h5-7,9-12,15-17,20,30H,4,8,13-14H2,1-3H3. The molecule has 6 rings (SSSR count). The van der Waals surface area contributed by atoms with E-state index in [0.29, 0.717) is 12.0 Å². The van der Waals surface area contributed by atoms with Crippen molar-refractivity contribution in [3.8, 4) is 0 Å². The van der Waals surface area contributed by atoms with E-state index in [1.807, 2.05) is 11.3 Å². The van der Waals surface area contributed by atoms with Gasteiger partial charge in [0.1, 0.15) is 0 Å². The summed E-state index contributed by atoms with van der Waals surface area (Å²) in [4.78, 5) is 0. The SMILES string of the molecule is CCCC1CCc2cccc(C3=c4ccc5sc6ccccc6c5c4=C(C)C3C)c2N1. The third-order valence-corrected chi connectivity index (χ3v) is 8.64. The summed E-state index contributed by atoms with van der Waals surface area (Å²) in [7, 11) is 0. The molecule has 0 amide bonds. The molecule has 0 saturated heterocycles. The molecular weight excluding hydrogens is 394 g/mol. The van der Waals surface area contributed by atoms with Crippen LogP contribution in [0.5, 0.6) is 0 Å². The molecule has 2 unspecified atom stereocenters. The van der Waals surface area contributed by atoms with Gasteiger partial charge < -0.3 is 5.32 Å². The van der Waals surface area contributed by atoms with E-state index >= 15 is 0 Å². The van der Waals surface area contributed by atoms with Gasteiger partial charge in [0.25, 0.3) is 0 Å². The predicted octanol–water partition coefficient (Wildman–Crippen LogP) is 6.60. The monoisotopic (exact) mass is 423 g/mol. The van der Waals surface area contributed by atoms with Crippen molar-refractivity contribution >= 4 is 48.3 Å². The molecule has 1 N–H and O–H groups in total. The smallest absolute Gasteiger partial charge is 0.0451 e. The Kier molecular flexibility index (Phi) is 4.47. The minimum atomic E-state index is 0.430. The Morgan fingerprint density at radius 1 is 1.00 bits per heavy atom. The Balaban J connectivity index is 1.67. The molecule has 1 nitrogen and oxygen atoms in total. The molecular formula is C29H29NS. The van der Waals surface area contributed by atoms with E-state index in [1.54, 1.807) is 0 Å². The zero-order valence-electron chi connectivity index (χ0n) is 18.6. The van der Waals surface area contributed by atoms with Gasteiger partial charge in [-0.15, -0.1) is 11.3 Å². The number of rotatable bonds is 3. The van der Waals surface area contributed by atoms with Gasteiger partial charge >= 0.3 is 0 Å². The van der Waals surface area contributed by atoms with Crippen molar-refractivity contribution in [3.05, 3.63) is 76.2 Å². The summed E-state index contributed by atoms with van der Waals surface area (Å²) in [6.07, 6.45) is 4.92. The van der Waals surface area contributed by atoms with E-state index in [0.717, 1.165) is 0 Å². The lowest BCUT2D eigenvalue weighted by atomic mass is 9.86. The molecule has 0 bridgehead atoms. The van der Waals surface area contributed by atoms with Crippen LogP contribution in [0, 0.1) is 5.92 Å². The molecule has 156 valence electrons. The minimum absolute atomic E-state index is 0.430. The van der Waals surface area contributed by atoms with Gasteiger partial charge in [-0.05, 0) is 59.9 Å². The zero-order chi connectivity index (χ0) is 21.1. The summed E-state index contributed by atoms with van der Waals surface area (Å²) in [5, 5.41) is 9.73. The van der Waals surface area contributed by atoms with Gasteiger partial charge in [-0.3, -0.25) is 0 Å². The van der Waals surface area contributed by atoms with Crippen molar-refractivity contribution in [1.29, 1.82) is 0 Å². The van der Waals surface area contributed by atoms with Crippen molar-refractivity contribution in [2.24, 2.45) is 5.92 Å². The lowest BCUT2D eigenvalue weighted by Crippen LogP contribution is -2.28. The molecule has 0 radical (unpaired) electrons. The topological polar surface area (TPSA) is 12.0 Å². The maximum atomic E-state index is 3.94. The maximum Gasteiger partial charge on any atom is 0.0451 e. The Labute approximate surface area is 188 Å². The highest BCUT2D eigenvalue weighted by Gasteiger charge is 2.27. The number of aryl methyl sites for hydroxylation is 1. The lowest BCUT2D eigenvalue weighted by Gasteiger charge is -2.30. The molecule has 2 heterocycles. The Bertz CT molecular complexity index is 1460. The second-order valence-electron chi connectivity index (χ2n) is 9.29. The number of hydrogen-bond acceptors (Lipinski definition) is 2. The molecule has 0 spiro atoms. The highest BCUT2D eigenvalue weighted by atomic mass is 32.1. The molecule has 2 atom stereocenters. The fourth-order valence-corrected chi connectivity index (χ4v) is 6.98. The average Bonchev–Trinajstić information content (AvgIpc) is 3.29. The normalized spacial score (nSPS) is 20.2. The second kappa shape index (κ2) is 7.24. The van der Waals surface area contributed by atoms with E-state index in [2.05, 4.69) is 80.7 Å². The molecule has 31 heavy (non-hydrogen) atoms. The average molecular weight is 424 g/mol. The largest absolute Gasteiger partial charge is 0.382 e. The molecule has 2 aliphatic rings. The number of anilines is 1. The molecule has 0 fully saturated rings. The van der Waals surface area contributed by atoms with Crippen LogP contribution in [-0.2, 0) is 6.42 Å². The van der Waals surface area contributed by atoms with Crippen LogP contribution in [0.1, 0.15) is 51.2 Å². The number of thiophene rings is 1. The van der Waals surface area contributed by atoms with Crippen molar-refractivity contribution in [3.63, 3.8) is 0 Å². The third kappa shape index (κ3) is 2.81. The molecule has 2 heteroatoms. The van der Waals surface area contributed by atoms with Crippen molar-refractivity contribution in [1.82, 2.24) is 0 Å². The summed E-state index contributed by atoms with van der Waals surface area (Å²) in [6, 6.07) is 21.2. The molecule has 1 aromatic heterocycles. The van der Waals surface area contributed by atoms with Crippen LogP contribution >= 0.6 is 11.3 Å². The Morgan fingerprint density at radius 2 is 1.87 bits per heavy atom. The lowest BCUT2D eigenvalue weighted by molar-refractivity contribution is 0.578. The maximum absolute atomic E-state index is 3.94. The molecule has 3 aromatic carbocycles. The first-order valence-corrected chi connectivity index (χ1v) is 12.5. The zero-order valence-corrected chi connectivity index (χ0v) is 19.4. The van der Waals surface area contributed by atoms with E-state index in [4.69, 9.17) is 0 Å². The molecule has 1 aliphatic carbocycles. The fraction of sp³-hybridized carbons (Fsp3) is 0.310. The van der Waals surface area contributed by atoms with Crippen LogP contribution in [-0.4, -0.2) is 6.04 Å². The third-order valence-electron chi connectivity index (χ3n) is 7.50. The number of hydrogen-bond donors (Lipinski definition) is 1. The quantitative estimate of drug-likeness (QED) is 0.391.